The molecule has 0 saturated heterocycles. The van der Waals surface area contributed by atoms with E-state index < -0.39 is 6.04 Å². The van der Waals surface area contributed by atoms with Gasteiger partial charge in [-0.1, -0.05) is 35.9 Å². The summed E-state index contributed by atoms with van der Waals surface area (Å²) in [7, 11) is 1.61. The summed E-state index contributed by atoms with van der Waals surface area (Å²) in [5.74, 6) is 1.41. The van der Waals surface area contributed by atoms with Gasteiger partial charge in [0.05, 0.1) is 30.1 Å². The number of fused-ring (bicyclic) bond motifs is 1. The van der Waals surface area contributed by atoms with Crippen LogP contribution in [0.2, 0.25) is 5.02 Å². The number of ether oxygens (including phenoxy) is 1. The molecular formula is C25H21ClN6O2. The quantitative estimate of drug-likeness (QED) is 0.427. The maximum atomic E-state index is 13.5. The average molecular weight is 473 g/mol. The Morgan fingerprint density at radius 1 is 1.12 bits per heavy atom. The van der Waals surface area contributed by atoms with Crippen LogP contribution in [0.25, 0.3) is 11.4 Å². The molecular weight excluding hydrogens is 452 g/mol. The highest BCUT2D eigenvalue weighted by Crippen LogP contribution is 2.38. The molecule has 2 N–H and O–H groups in total. The normalized spacial score (nSPS) is 14.9. The van der Waals surface area contributed by atoms with E-state index in [0.29, 0.717) is 39.5 Å². The van der Waals surface area contributed by atoms with Crippen molar-refractivity contribution in [2.45, 2.75) is 13.0 Å². The van der Waals surface area contributed by atoms with E-state index in [9.17, 15) is 4.79 Å². The number of anilines is 2. The molecule has 1 aliphatic rings. The predicted octanol–water partition coefficient (Wildman–Crippen LogP) is 4.93. The third kappa shape index (κ3) is 3.99. The number of carbonyl (C=O) groups excluding carboxylic acids is 1. The Morgan fingerprint density at radius 3 is 2.65 bits per heavy atom. The van der Waals surface area contributed by atoms with E-state index in [1.807, 2.05) is 43.3 Å². The van der Waals surface area contributed by atoms with Crippen molar-refractivity contribution >= 4 is 29.1 Å². The summed E-state index contributed by atoms with van der Waals surface area (Å²) in [6.07, 6.45) is 3.25. The van der Waals surface area contributed by atoms with Crippen LogP contribution >= 0.6 is 11.6 Å². The van der Waals surface area contributed by atoms with Crippen LogP contribution in [-0.4, -0.2) is 32.8 Å². The second-order valence-corrected chi connectivity index (χ2v) is 8.15. The van der Waals surface area contributed by atoms with Crippen molar-refractivity contribution in [1.82, 2.24) is 19.7 Å². The van der Waals surface area contributed by atoms with Crippen LogP contribution in [0.15, 0.2) is 84.3 Å². The van der Waals surface area contributed by atoms with E-state index in [1.54, 1.807) is 48.5 Å². The smallest absolute Gasteiger partial charge is 0.255 e. The molecule has 2 aromatic heterocycles. The predicted molar refractivity (Wildman–Crippen MR) is 131 cm³/mol. The Bertz CT molecular complexity index is 1380. The second kappa shape index (κ2) is 8.99. The molecule has 34 heavy (non-hydrogen) atoms. The van der Waals surface area contributed by atoms with Crippen LogP contribution in [0.1, 0.15) is 18.5 Å². The van der Waals surface area contributed by atoms with Gasteiger partial charge >= 0.3 is 0 Å². The van der Waals surface area contributed by atoms with E-state index in [2.05, 4.69) is 15.6 Å². The van der Waals surface area contributed by atoms with Crippen molar-refractivity contribution in [1.29, 1.82) is 0 Å². The minimum atomic E-state index is -0.527. The first-order valence-electron chi connectivity index (χ1n) is 10.6. The molecule has 1 unspecified atom stereocenters. The van der Waals surface area contributed by atoms with Gasteiger partial charge in [-0.3, -0.25) is 9.78 Å². The zero-order valence-electron chi connectivity index (χ0n) is 18.5. The summed E-state index contributed by atoms with van der Waals surface area (Å²) in [4.78, 5) is 22.3. The molecule has 170 valence electrons. The van der Waals surface area contributed by atoms with Crippen molar-refractivity contribution in [2.24, 2.45) is 0 Å². The van der Waals surface area contributed by atoms with Crippen molar-refractivity contribution in [2.75, 3.05) is 17.7 Å². The topological polar surface area (TPSA) is 94.0 Å². The lowest BCUT2D eigenvalue weighted by molar-refractivity contribution is -0.113. The molecule has 1 atom stereocenters. The van der Waals surface area contributed by atoms with Gasteiger partial charge in [-0.25, -0.2) is 4.68 Å². The third-order valence-corrected chi connectivity index (χ3v) is 5.80. The number of amides is 1. The number of nitrogens with one attached hydrogen (secondary N) is 2. The van der Waals surface area contributed by atoms with Crippen molar-refractivity contribution in [3.63, 3.8) is 0 Å². The molecule has 8 nitrogen and oxygen atoms in total. The van der Waals surface area contributed by atoms with E-state index in [1.165, 1.54) is 0 Å². The molecule has 0 spiro atoms. The summed E-state index contributed by atoms with van der Waals surface area (Å²) in [6.45, 7) is 1.85. The first-order chi connectivity index (χ1) is 16.5. The lowest BCUT2D eigenvalue weighted by atomic mass is 9.95. The number of pyridine rings is 1. The van der Waals surface area contributed by atoms with Gasteiger partial charge in [0.1, 0.15) is 11.8 Å². The number of para-hydroxylation sites is 1. The number of methoxy groups -OCH3 is 1. The zero-order valence-corrected chi connectivity index (χ0v) is 19.2. The fraction of sp³-hybridized carbons (Fsp3) is 0.120. The van der Waals surface area contributed by atoms with E-state index in [0.717, 1.165) is 11.1 Å². The number of allylic oxidation sites excluding steroid dienone is 1. The Hall–Kier alpha value is -4.17. The zero-order chi connectivity index (χ0) is 23.7. The van der Waals surface area contributed by atoms with E-state index in [4.69, 9.17) is 26.4 Å². The molecule has 2 aromatic carbocycles. The Labute approximate surface area is 201 Å². The number of aromatic nitrogens is 4. The first-order valence-corrected chi connectivity index (χ1v) is 11.0. The molecule has 1 aliphatic heterocycles. The summed E-state index contributed by atoms with van der Waals surface area (Å²) in [5, 5.41) is 11.6. The number of nitrogens with zero attached hydrogens (tertiary/aromatic N) is 4. The van der Waals surface area contributed by atoms with Crippen molar-refractivity contribution in [3.05, 3.63) is 94.9 Å². The van der Waals surface area contributed by atoms with Crippen LogP contribution in [0, 0.1) is 0 Å². The Balaban J connectivity index is 1.62. The molecule has 0 saturated carbocycles. The van der Waals surface area contributed by atoms with E-state index >= 15 is 0 Å². The van der Waals surface area contributed by atoms with Gasteiger partial charge in [-0.15, -0.1) is 5.10 Å². The molecule has 0 radical (unpaired) electrons. The Kier molecular flexibility index (Phi) is 5.73. The molecule has 3 heterocycles. The maximum absolute atomic E-state index is 13.5. The van der Waals surface area contributed by atoms with Crippen molar-refractivity contribution in [3.8, 4) is 17.1 Å². The van der Waals surface area contributed by atoms with Gasteiger partial charge < -0.3 is 15.4 Å². The van der Waals surface area contributed by atoms with Crippen LogP contribution in [0.5, 0.6) is 5.75 Å². The van der Waals surface area contributed by atoms with Crippen LogP contribution < -0.4 is 15.4 Å². The number of carbonyl (C=O) groups is 1. The van der Waals surface area contributed by atoms with Gasteiger partial charge in [0, 0.05) is 16.9 Å². The van der Waals surface area contributed by atoms with Crippen LogP contribution in [-0.2, 0) is 4.79 Å². The Morgan fingerprint density at radius 2 is 1.91 bits per heavy atom. The highest BCUT2D eigenvalue weighted by molar-refractivity contribution is 6.30. The summed E-state index contributed by atoms with van der Waals surface area (Å²) in [5.41, 5.74) is 3.38. The molecule has 1 amide bonds. The third-order valence-electron chi connectivity index (χ3n) is 5.55. The molecule has 0 fully saturated rings. The second-order valence-electron chi connectivity index (χ2n) is 7.72. The SMILES string of the molecule is COc1ccccc1-c1nc2n(n1)C(c1ccc(Cl)cc1)C(C(=O)Nc1cccnc1)=C(C)N2. The lowest BCUT2D eigenvalue weighted by Crippen LogP contribution is -2.31. The summed E-state index contributed by atoms with van der Waals surface area (Å²) < 4.78 is 7.22. The highest BCUT2D eigenvalue weighted by atomic mass is 35.5. The molecule has 0 aliphatic carbocycles. The highest BCUT2D eigenvalue weighted by Gasteiger charge is 2.34. The number of benzene rings is 2. The van der Waals surface area contributed by atoms with Crippen LogP contribution in [0.3, 0.4) is 0 Å². The van der Waals surface area contributed by atoms with Gasteiger partial charge in [0.2, 0.25) is 5.95 Å². The summed E-state index contributed by atoms with van der Waals surface area (Å²) in [6, 6.07) is 17.9. The number of halogens is 1. The standard InChI is InChI=1S/C25H21ClN6O2/c1-15-21(24(33)29-18-6-5-13-27-14-18)22(16-9-11-17(26)12-10-16)32-25(28-15)30-23(31-32)19-7-3-4-8-20(19)34-2/h3-14,22H,1-2H3,(H,29,33)(H,28,30,31). The molecule has 0 bridgehead atoms. The van der Waals surface area contributed by atoms with Gasteiger partial charge in [-0.05, 0) is 48.9 Å². The number of rotatable bonds is 5. The van der Waals surface area contributed by atoms with Gasteiger partial charge in [0.15, 0.2) is 5.82 Å². The fourth-order valence-corrected chi connectivity index (χ4v) is 4.10. The summed E-state index contributed by atoms with van der Waals surface area (Å²) >= 11 is 6.14. The van der Waals surface area contributed by atoms with Gasteiger partial charge in [-0.2, -0.15) is 4.98 Å². The van der Waals surface area contributed by atoms with E-state index in [-0.39, 0.29) is 5.91 Å². The first kappa shape index (κ1) is 21.7. The number of hydrogen-bond acceptors (Lipinski definition) is 6. The van der Waals surface area contributed by atoms with Crippen LogP contribution in [0.4, 0.5) is 11.6 Å². The number of hydrogen-bond donors (Lipinski definition) is 2. The fourth-order valence-electron chi connectivity index (χ4n) is 3.98. The molecule has 5 rings (SSSR count). The maximum Gasteiger partial charge on any atom is 0.255 e. The lowest BCUT2D eigenvalue weighted by Gasteiger charge is -2.28. The molecule has 4 aromatic rings. The monoisotopic (exact) mass is 472 g/mol. The van der Waals surface area contributed by atoms with Gasteiger partial charge in [0.25, 0.3) is 5.91 Å². The minimum Gasteiger partial charge on any atom is -0.496 e. The molecule has 9 heteroatoms. The minimum absolute atomic E-state index is 0.266. The van der Waals surface area contributed by atoms with Crippen molar-refractivity contribution < 1.29 is 9.53 Å². The largest absolute Gasteiger partial charge is 0.496 e. The average Bonchev–Trinajstić information content (AvgIpc) is 3.27.